The lowest BCUT2D eigenvalue weighted by Crippen LogP contribution is -2.27. The lowest BCUT2D eigenvalue weighted by molar-refractivity contribution is -0.115. The maximum atomic E-state index is 12.4. The Kier molecular flexibility index (Phi) is 6.43. The maximum Gasteiger partial charge on any atom is 0.230 e. The molecule has 1 aliphatic carbocycles. The summed E-state index contributed by atoms with van der Waals surface area (Å²) in [4.78, 5) is 21.5. The summed E-state index contributed by atoms with van der Waals surface area (Å²) in [6.07, 6.45) is 4.79. The van der Waals surface area contributed by atoms with Crippen LogP contribution < -0.4 is 4.90 Å². The van der Waals surface area contributed by atoms with Gasteiger partial charge in [0.05, 0.1) is 11.4 Å². The van der Waals surface area contributed by atoms with Crippen LogP contribution in [-0.2, 0) is 17.8 Å². The van der Waals surface area contributed by atoms with E-state index in [1.165, 1.54) is 24.9 Å². The standard InChI is InChI=1S/C21H29N3OS/c1-4-12-23(13-17-10-11-17)14-19-15-26-21(22-19)24(16(3)25)20-9-7-6-8-18(20)5-2/h6-9,15,17H,4-5,10-14H2,1-3H3. The van der Waals surface area contributed by atoms with Gasteiger partial charge in [-0.1, -0.05) is 32.0 Å². The lowest BCUT2D eigenvalue weighted by Gasteiger charge is -2.22. The predicted octanol–water partition coefficient (Wildman–Crippen LogP) is 5.01. The third-order valence-corrected chi connectivity index (χ3v) is 5.67. The van der Waals surface area contributed by atoms with E-state index in [4.69, 9.17) is 4.98 Å². The quantitative estimate of drug-likeness (QED) is 0.621. The molecule has 1 aliphatic rings. The minimum Gasteiger partial charge on any atom is -0.297 e. The molecule has 5 heteroatoms. The van der Waals surface area contributed by atoms with E-state index in [1.54, 1.807) is 23.2 Å². The van der Waals surface area contributed by atoms with Crippen LogP contribution in [0.3, 0.4) is 0 Å². The maximum absolute atomic E-state index is 12.4. The highest BCUT2D eigenvalue weighted by molar-refractivity contribution is 7.14. The van der Waals surface area contributed by atoms with Gasteiger partial charge in [0, 0.05) is 25.4 Å². The van der Waals surface area contributed by atoms with Crippen molar-refractivity contribution in [1.82, 2.24) is 9.88 Å². The number of carbonyl (C=O) groups is 1. The fourth-order valence-electron chi connectivity index (χ4n) is 3.35. The second kappa shape index (κ2) is 8.78. The van der Waals surface area contributed by atoms with Gasteiger partial charge in [-0.3, -0.25) is 14.6 Å². The van der Waals surface area contributed by atoms with Crippen molar-refractivity contribution in [2.45, 2.75) is 53.0 Å². The first kappa shape index (κ1) is 19.1. The summed E-state index contributed by atoms with van der Waals surface area (Å²) < 4.78 is 0. The summed E-state index contributed by atoms with van der Waals surface area (Å²) in [5, 5.41) is 2.88. The van der Waals surface area contributed by atoms with Crippen molar-refractivity contribution < 1.29 is 4.79 Å². The van der Waals surface area contributed by atoms with Crippen molar-refractivity contribution >= 4 is 28.1 Å². The highest BCUT2D eigenvalue weighted by atomic mass is 32.1. The molecule has 1 amide bonds. The van der Waals surface area contributed by atoms with E-state index in [0.717, 1.165) is 48.4 Å². The fourth-order valence-corrected chi connectivity index (χ4v) is 4.22. The molecular weight excluding hydrogens is 342 g/mol. The predicted molar refractivity (Wildman–Crippen MR) is 109 cm³/mol. The molecule has 0 atom stereocenters. The third kappa shape index (κ3) is 4.71. The molecule has 1 heterocycles. The van der Waals surface area contributed by atoms with Gasteiger partial charge < -0.3 is 0 Å². The number of carbonyl (C=O) groups excluding carboxylic acids is 1. The first-order valence-electron chi connectivity index (χ1n) is 9.67. The Labute approximate surface area is 160 Å². The number of anilines is 2. The molecule has 2 aromatic rings. The monoisotopic (exact) mass is 371 g/mol. The molecule has 4 nitrogen and oxygen atoms in total. The van der Waals surface area contributed by atoms with Crippen LogP contribution >= 0.6 is 11.3 Å². The molecule has 0 unspecified atom stereocenters. The van der Waals surface area contributed by atoms with Gasteiger partial charge in [0.2, 0.25) is 5.91 Å². The minimum atomic E-state index is 0.00944. The number of aromatic nitrogens is 1. The number of amides is 1. The first-order valence-corrected chi connectivity index (χ1v) is 10.6. The molecule has 1 aromatic heterocycles. The molecular formula is C21H29N3OS. The van der Waals surface area contributed by atoms with Crippen molar-refractivity contribution in [2.24, 2.45) is 5.92 Å². The zero-order valence-corrected chi connectivity index (χ0v) is 16.9. The average molecular weight is 372 g/mol. The number of rotatable bonds is 9. The topological polar surface area (TPSA) is 36.4 Å². The Hall–Kier alpha value is -1.72. The van der Waals surface area contributed by atoms with E-state index < -0.39 is 0 Å². The molecule has 0 N–H and O–H groups in total. The molecule has 0 aliphatic heterocycles. The van der Waals surface area contributed by atoms with Crippen LogP contribution in [0.4, 0.5) is 10.8 Å². The van der Waals surface area contributed by atoms with Crippen LogP contribution in [0.15, 0.2) is 29.6 Å². The second-order valence-corrected chi connectivity index (χ2v) is 7.97. The molecule has 0 radical (unpaired) electrons. The fraction of sp³-hybridized carbons (Fsp3) is 0.524. The number of aryl methyl sites for hydroxylation is 1. The zero-order chi connectivity index (χ0) is 18.5. The summed E-state index contributed by atoms with van der Waals surface area (Å²) in [6, 6.07) is 8.10. The van der Waals surface area contributed by atoms with Gasteiger partial charge in [0.25, 0.3) is 0 Å². The Morgan fingerprint density at radius 3 is 2.69 bits per heavy atom. The number of hydrogen-bond donors (Lipinski definition) is 0. The second-order valence-electron chi connectivity index (χ2n) is 7.14. The molecule has 3 rings (SSSR count). The van der Waals surface area contributed by atoms with Crippen LogP contribution in [-0.4, -0.2) is 28.9 Å². The smallest absolute Gasteiger partial charge is 0.230 e. The molecule has 140 valence electrons. The Bertz CT molecular complexity index is 738. The largest absolute Gasteiger partial charge is 0.297 e. The van der Waals surface area contributed by atoms with E-state index in [1.807, 2.05) is 18.2 Å². The van der Waals surface area contributed by atoms with Gasteiger partial charge in [-0.2, -0.15) is 0 Å². The summed E-state index contributed by atoms with van der Waals surface area (Å²) in [7, 11) is 0. The summed E-state index contributed by atoms with van der Waals surface area (Å²) in [5.74, 6) is 0.889. The van der Waals surface area contributed by atoms with Gasteiger partial charge in [-0.15, -0.1) is 11.3 Å². The average Bonchev–Trinajstić information content (AvgIpc) is 3.33. The van der Waals surface area contributed by atoms with Crippen molar-refractivity contribution in [3.8, 4) is 0 Å². The zero-order valence-electron chi connectivity index (χ0n) is 16.1. The van der Waals surface area contributed by atoms with E-state index in [2.05, 4.69) is 30.2 Å². The van der Waals surface area contributed by atoms with Crippen LogP contribution in [0.1, 0.15) is 51.3 Å². The molecule has 26 heavy (non-hydrogen) atoms. The summed E-state index contributed by atoms with van der Waals surface area (Å²) >= 11 is 1.56. The third-order valence-electron chi connectivity index (χ3n) is 4.80. The van der Waals surface area contributed by atoms with Gasteiger partial charge in [-0.05, 0) is 49.8 Å². The van der Waals surface area contributed by atoms with Crippen LogP contribution in [0.5, 0.6) is 0 Å². The highest BCUT2D eigenvalue weighted by Gasteiger charge is 2.25. The highest BCUT2D eigenvalue weighted by Crippen LogP contribution is 2.33. The molecule has 1 aromatic carbocycles. The molecule has 1 fully saturated rings. The molecule has 0 bridgehead atoms. The Balaban J connectivity index is 1.80. The van der Waals surface area contributed by atoms with Crippen molar-refractivity contribution in [3.05, 3.63) is 40.9 Å². The Morgan fingerprint density at radius 1 is 1.27 bits per heavy atom. The first-order chi connectivity index (χ1) is 12.6. The molecule has 0 saturated heterocycles. The van der Waals surface area contributed by atoms with Crippen molar-refractivity contribution in [1.29, 1.82) is 0 Å². The Morgan fingerprint density at radius 2 is 2.04 bits per heavy atom. The number of thiazole rings is 1. The number of hydrogen-bond acceptors (Lipinski definition) is 4. The van der Waals surface area contributed by atoms with E-state index >= 15 is 0 Å². The van der Waals surface area contributed by atoms with Crippen LogP contribution in [0.2, 0.25) is 0 Å². The SMILES string of the molecule is CCCN(Cc1csc(N(C(C)=O)c2ccccc2CC)n1)CC1CC1. The minimum absolute atomic E-state index is 0.00944. The lowest BCUT2D eigenvalue weighted by atomic mass is 10.1. The van der Waals surface area contributed by atoms with E-state index in [0.29, 0.717) is 0 Å². The number of benzene rings is 1. The van der Waals surface area contributed by atoms with Gasteiger partial charge in [-0.25, -0.2) is 4.98 Å². The van der Waals surface area contributed by atoms with E-state index in [-0.39, 0.29) is 5.91 Å². The van der Waals surface area contributed by atoms with E-state index in [9.17, 15) is 4.79 Å². The number of para-hydroxylation sites is 1. The summed E-state index contributed by atoms with van der Waals surface area (Å²) in [6.45, 7) is 9.12. The van der Waals surface area contributed by atoms with Gasteiger partial charge in [0.1, 0.15) is 0 Å². The number of nitrogens with zero attached hydrogens (tertiary/aromatic N) is 3. The van der Waals surface area contributed by atoms with Crippen molar-refractivity contribution in [3.63, 3.8) is 0 Å². The molecule has 1 saturated carbocycles. The van der Waals surface area contributed by atoms with Crippen molar-refractivity contribution in [2.75, 3.05) is 18.0 Å². The van der Waals surface area contributed by atoms with Gasteiger partial charge in [0.15, 0.2) is 5.13 Å². The normalized spacial score (nSPS) is 14.0. The summed E-state index contributed by atoms with van der Waals surface area (Å²) in [5.41, 5.74) is 3.19. The van der Waals surface area contributed by atoms with Crippen LogP contribution in [0, 0.1) is 5.92 Å². The van der Waals surface area contributed by atoms with Gasteiger partial charge >= 0.3 is 0 Å². The molecule has 0 spiro atoms. The van der Waals surface area contributed by atoms with Crippen LogP contribution in [0.25, 0.3) is 0 Å².